The van der Waals surface area contributed by atoms with Crippen LogP contribution in [0.25, 0.3) is 21.9 Å². The van der Waals surface area contributed by atoms with E-state index in [0.29, 0.717) is 17.2 Å². The van der Waals surface area contributed by atoms with Crippen molar-refractivity contribution >= 4 is 10.8 Å². The smallest absolute Gasteiger partial charge is 0.399 e. The van der Waals surface area contributed by atoms with E-state index >= 15 is 0 Å². The predicted molar refractivity (Wildman–Crippen MR) is 94.5 cm³/mol. The zero-order chi connectivity index (χ0) is 20.5. The van der Waals surface area contributed by atoms with E-state index in [-0.39, 0.29) is 5.39 Å². The molecule has 1 nitrogen and oxygen atoms in total. The third-order valence-corrected chi connectivity index (χ3v) is 4.18. The van der Waals surface area contributed by atoms with E-state index in [2.05, 4.69) is 11.3 Å². The zero-order valence-corrected chi connectivity index (χ0v) is 14.4. The Morgan fingerprint density at radius 1 is 0.893 bits per heavy atom. The molecule has 3 rings (SSSR count). The maximum atomic E-state index is 14.5. The van der Waals surface area contributed by atoms with Crippen LogP contribution in [0.5, 0.6) is 5.75 Å². The maximum absolute atomic E-state index is 14.5. The second-order valence-corrected chi connectivity index (χ2v) is 6.13. The molecule has 0 heterocycles. The number of benzene rings is 3. The van der Waals surface area contributed by atoms with Crippen LogP contribution in [0.3, 0.4) is 0 Å². The molecule has 0 fully saturated rings. The van der Waals surface area contributed by atoms with Crippen LogP contribution < -0.4 is 4.74 Å². The molecule has 0 radical (unpaired) electrons. The van der Waals surface area contributed by atoms with Gasteiger partial charge in [-0.05, 0) is 53.1 Å². The Balaban J connectivity index is 2.06. The van der Waals surface area contributed by atoms with Gasteiger partial charge in [-0.1, -0.05) is 30.3 Å². The third-order valence-electron chi connectivity index (χ3n) is 4.18. The Hall–Kier alpha value is -2.96. The van der Waals surface area contributed by atoms with Gasteiger partial charge in [-0.3, -0.25) is 0 Å². The molecule has 0 aliphatic heterocycles. The summed E-state index contributed by atoms with van der Waals surface area (Å²) in [4.78, 5) is 0. The molecule has 0 saturated heterocycles. The van der Waals surface area contributed by atoms with Gasteiger partial charge in [-0.2, -0.15) is 0 Å². The van der Waals surface area contributed by atoms with E-state index in [0.717, 1.165) is 24.5 Å². The fourth-order valence-electron chi connectivity index (χ4n) is 2.90. The lowest BCUT2D eigenvalue weighted by Gasteiger charge is -2.13. The first-order chi connectivity index (χ1) is 13.2. The summed E-state index contributed by atoms with van der Waals surface area (Å²) in [5, 5.41) is -0.984. The summed E-state index contributed by atoms with van der Waals surface area (Å²) < 4.78 is 83.1. The number of aryl methyl sites for hydroxylation is 1. The minimum Gasteiger partial charge on any atom is -0.399 e. The monoisotopic (exact) mass is 396 g/mol. The van der Waals surface area contributed by atoms with Crippen LogP contribution in [0.1, 0.15) is 12.0 Å². The van der Waals surface area contributed by atoms with Crippen LogP contribution in [0, 0.1) is 17.5 Å². The number of fused-ring (bicyclic) bond motifs is 1. The van der Waals surface area contributed by atoms with Gasteiger partial charge in [0.05, 0.1) is 5.39 Å². The van der Waals surface area contributed by atoms with Crippen molar-refractivity contribution in [2.45, 2.75) is 19.2 Å². The number of hydrogen-bond donors (Lipinski definition) is 0. The summed E-state index contributed by atoms with van der Waals surface area (Å²) in [6.07, 6.45) is -1.94. The minimum atomic E-state index is -5.31. The van der Waals surface area contributed by atoms with Gasteiger partial charge in [-0.15, -0.1) is 19.8 Å². The Morgan fingerprint density at radius 3 is 2.18 bits per heavy atom. The van der Waals surface area contributed by atoms with E-state index in [9.17, 15) is 26.3 Å². The van der Waals surface area contributed by atoms with Crippen LogP contribution in [-0.4, -0.2) is 6.36 Å². The van der Waals surface area contributed by atoms with Crippen LogP contribution >= 0.6 is 0 Å². The summed E-state index contributed by atoms with van der Waals surface area (Å²) in [5.74, 6) is -6.11. The third kappa shape index (κ3) is 4.13. The number of hydrogen-bond acceptors (Lipinski definition) is 1. The zero-order valence-electron chi connectivity index (χ0n) is 14.4. The summed E-state index contributed by atoms with van der Waals surface area (Å²) in [6.45, 7) is 3.65. The SMILES string of the molecule is C=CCCc1ccc(-c2cc(F)c3c(F)c(OC(F)(F)F)c(F)cc3c2)cc1. The molecule has 0 aliphatic carbocycles. The van der Waals surface area contributed by atoms with Crippen molar-refractivity contribution < 1.29 is 31.1 Å². The van der Waals surface area contributed by atoms with Gasteiger partial charge in [-0.25, -0.2) is 13.2 Å². The molecule has 0 unspecified atom stereocenters. The van der Waals surface area contributed by atoms with Gasteiger partial charge in [0.25, 0.3) is 0 Å². The molecule has 0 aliphatic rings. The molecule has 0 atom stereocenters. The van der Waals surface area contributed by atoms with Crippen LogP contribution in [0.15, 0.2) is 55.1 Å². The molecule has 0 spiro atoms. The normalized spacial score (nSPS) is 11.6. The van der Waals surface area contributed by atoms with Crippen LogP contribution in [0.2, 0.25) is 0 Å². The van der Waals surface area contributed by atoms with Gasteiger partial charge in [0.15, 0.2) is 11.6 Å². The first kappa shape index (κ1) is 19.8. The number of ether oxygens (including phenoxy) is 1. The highest BCUT2D eigenvalue weighted by Crippen LogP contribution is 2.36. The molecule has 0 saturated carbocycles. The Morgan fingerprint density at radius 2 is 1.57 bits per heavy atom. The first-order valence-corrected chi connectivity index (χ1v) is 8.27. The number of halogens is 6. The van der Waals surface area contributed by atoms with Gasteiger partial charge >= 0.3 is 6.36 Å². The number of rotatable bonds is 5. The average molecular weight is 396 g/mol. The average Bonchev–Trinajstić information content (AvgIpc) is 2.62. The molecular weight excluding hydrogens is 382 g/mol. The number of alkyl halides is 3. The van der Waals surface area contributed by atoms with Crippen molar-refractivity contribution in [3.05, 3.63) is 78.1 Å². The maximum Gasteiger partial charge on any atom is 0.573 e. The predicted octanol–water partition coefficient (Wildman–Crippen LogP) is 6.94. The van der Waals surface area contributed by atoms with E-state index < -0.39 is 34.9 Å². The van der Waals surface area contributed by atoms with Gasteiger partial charge in [0.1, 0.15) is 5.82 Å². The lowest BCUT2D eigenvalue weighted by Crippen LogP contribution is -2.19. The van der Waals surface area contributed by atoms with Crippen molar-refractivity contribution in [1.29, 1.82) is 0 Å². The summed E-state index contributed by atoms with van der Waals surface area (Å²) in [6, 6.07) is 10.0. The molecule has 146 valence electrons. The molecule has 0 aromatic heterocycles. The van der Waals surface area contributed by atoms with Gasteiger partial charge < -0.3 is 4.74 Å². The van der Waals surface area contributed by atoms with Crippen molar-refractivity contribution in [3.8, 4) is 16.9 Å². The largest absolute Gasteiger partial charge is 0.573 e. The quantitative estimate of drug-likeness (QED) is 0.335. The van der Waals surface area contributed by atoms with Crippen LogP contribution in [0.4, 0.5) is 26.3 Å². The van der Waals surface area contributed by atoms with E-state index in [1.807, 2.05) is 12.1 Å². The van der Waals surface area contributed by atoms with Crippen molar-refractivity contribution in [2.24, 2.45) is 0 Å². The second-order valence-electron chi connectivity index (χ2n) is 6.13. The Kier molecular flexibility index (Phi) is 5.36. The highest BCUT2D eigenvalue weighted by Gasteiger charge is 2.35. The molecule has 0 N–H and O–H groups in total. The molecule has 0 amide bonds. The van der Waals surface area contributed by atoms with Crippen LogP contribution in [-0.2, 0) is 6.42 Å². The summed E-state index contributed by atoms with van der Waals surface area (Å²) in [7, 11) is 0. The Bertz CT molecular complexity index is 1020. The molecule has 3 aromatic rings. The summed E-state index contributed by atoms with van der Waals surface area (Å²) >= 11 is 0. The number of allylic oxidation sites excluding steroid dienone is 1. The lowest BCUT2D eigenvalue weighted by atomic mass is 9.98. The summed E-state index contributed by atoms with van der Waals surface area (Å²) in [5.41, 5.74) is 1.97. The van der Waals surface area contributed by atoms with Gasteiger partial charge in [0.2, 0.25) is 5.75 Å². The van der Waals surface area contributed by atoms with Crippen molar-refractivity contribution in [2.75, 3.05) is 0 Å². The van der Waals surface area contributed by atoms with E-state index in [4.69, 9.17) is 0 Å². The Labute approximate surface area is 156 Å². The molecule has 28 heavy (non-hydrogen) atoms. The standard InChI is InChI=1S/C21H14F6O/c1-2-3-4-12-5-7-13(8-6-12)14-9-15-11-17(23)20(28-21(25,26)27)19(24)18(15)16(22)10-14/h2,5-11H,1,3-4H2. The van der Waals surface area contributed by atoms with E-state index in [1.165, 1.54) is 6.07 Å². The second kappa shape index (κ2) is 7.58. The lowest BCUT2D eigenvalue weighted by molar-refractivity contribution is -0.276. The topological polar surface area (TPSA) is 9.23 Å². The fourth-order valence-corrected chi connectivity index (χ4v) is 2.90. The van der Waals surface area contributed by atoms with Crippen molar-refractivity contribution in [1.82, 2.24) is 0 Å². The highest BCUT2D eigenvalue weighted by atomic mass is 19.4. The molecule has 0 bridgehead atoms. The van der Waals surface area contributed by atoms with E-state index in [1.54, 1.807) is 18.2 Å². The fraction of sp³-hybridized carbons (Fsp3) is 0.143. The van der Waals surface area contributed by atoms with Crippen molar-refractivity contribution in [3.63, 3.8) is 0 Å². The highest BCUT2D eigenvalue weighted by molar-refractivity contribution is 5.89. The molecule has 7 heteroatoms. The first-order valence-electron chi connectivity index (χ1n) is 8.27. The minimum absolute atomic E-state index is 0.213. The molecular formula is C21H14F6O. The van der Waals surface area contributed by atoms with Gasteiger partial charge in [0, 0.05) is 0 Å². The molecule has 3 aromatic carbocycles.